The highest BCUT2D eigenvalue weighted by Crippen LogP contribution is 2.51. The van der Waals surface area contributed by atoms with Crippen molar-refractivity contribution >= 4 is 13.8 Å². The Bertz CT molecular complexity index is 395. The number of rotatable bonds is 15. The van der Waals surface area contributed by atoms with Crippen LogP contribution in [0.25, 0.3) is 0 Å². The minimum Gasteiger partial charge on any atom is -0.481 e. The fourth-order valence-electron chi connectivity index (χ4n) is 1.80. The lowest BCUT2D eigenvalue weighted by Crippen LogP contribution is -2.34. The lowest BCUT2D eigenvalue weighted by Gasteiger charge is -2.27. The topological polar surface area (TPSA) is 85.3 Å². The van der Waals surface area contributed by atoms with Crippen molar-refractivity contribution in [2.24, 2.45) is 0 Å². The largest absolute Gasteiger partial charge is 0.481 e. The molecular formula is C15H28NO6P. The Morgan fingerprint density at radius 1 is 1.22 bits per heavy atom. The Kier molecular flexibility index (Phi) is 11.9. The summed E-state index contributed by atoms with van der Waals surface area (Å²) in [6.07, 6.45) is 2.42. The van der Waals surface area contributed by atoms with Crippen LogP contribution < -0.4 is 0 Å². The van der Waals surface area contributed by atoms with Crippen molar-refractivity contribution < 1.29 is 28.0 Å². The van der Waals surface area contributed by atoms with Gasteiger partial charge in [-0.05, 0) is 19.5 Å². The predicted molar refractivity (Wildman–Crippen MR) is 89.4 cm³/mol. The van der Waals surface area contributed by atoms with Gasteiger partial charge in [0, 0.05) is 13.0 Å². The average molecular weight is 349 g/mol. The van der Waals surface area contributed by atoms with Crippen LogP contribution in [0.1, 0.15) is 26.7 Å². The summed E-state index contributed by atoms with van der Waals surface area (Å²) in [7, 11) is -3.81. The normalized spacial score (nSPS) is 13.0. The van der Waals surface area contributed by atoms with Gasteiger partial charge < -0.3 is 10.0 Å². The molecular weight excluding hydrogens is 321 g/mol. The van der Waals surface area contributed by atoms with Gasteiger partial charge in [-0.25, -0.2) is 4.57 Å². The van der Waals surface area contributed by atoms with E-state index in [1.807, 2.05) is 13.8 Å². The highest BCUT2D eigenvalue weighted by atomic mass is 31.2. The number of likely N-dealkylation sites (N-methyl/N-ethyl adjacent to an activating group) is 1. The van der Waals surface area contributed by atoms with E-state index in [0.717, 1.165) is 13.1 Å². The summed E-state index contributed by atoms with van der Waals surface area (Å²) >= 11 is 0. The molecule has 0 radical (unpaired) electrons. The lowest BCUT2D eigenvalue weighted by atomic mass is 10.2. The van der Waals surface area contributed by atoms with E-state index in [1.54, 1.807) is 0 Å². The van der Waals surface area contributed by atoms with Crippen molar-refractivity contribution in [1.29, 1.82) is 0 Å². The highest BCUT2D eigenvalue weighted by Gasteiger charge is 2.31. The summed E-state index contributed by atoms with van der Waals surface area (Å²) in [5.74, 6) is -0.938. The molecule has 0 saturated heterocycles. The molecule has 0 aliphatic rings. The summed E-state index contributed by atoms with van der Waals surface area (Å²) in [4.78, 5) is 12.9. The Labute approximate surface area is 138 Å². The maximum atomic E-state index is 12.6. The number of carboxylic acid groups (broad SMARTS) is 1. The zero-order valence-electron chi connectivity index (χ0n) is 14.0. The van der Waals surface area contributed by atoms with Gasteiger partial charge in [0.25, 0.3) is 0 Å². The molecule has 134 valence electrons. The second-order valence-electron chi connectivity index (χ2n) is 4.76. The van der Waals surface area contributed by atoms with E-state index >= 15 is 0 Å². The first kappa shape index (κ1) is 22.0. The third-order valence-electron chi connectivity index (χ3n) is 3.02. The minimum atomic E-state index is -3.81. The molecule has 8 heteroatoms. The van der Waals surface area contributed by atoms with E-state index in [1.165, 1.54) is 12.2 Å². The monoisotopic (exact) mass is 349 g/mol. The molecule has 1 unspecified atom stereocenters. The Hall–Kier alpha value is -0.980. The number of hydrogen-bond acceptors (Lipinski definition) is 6. The van der Waals surface area contributed by atoms with E-state index in [-0.39, 0.29) is 26.1 Å². The van der Waals surface area contributed by atoms with Gasteiger partial charge in [-0.15, -0.1) is 13.2 Å². The van der Waals surface area contributed by atoms with Crippen LogP contribution >= 0.6 is 7.82 Å². The molecule has 1 N–H and O–H groups in total. The van der Waals surface area contributed by atoms with Gasteiger partial charge in [-0.3, -0.25) is 18.4 Å². The molecule has 0 aromatic rings. The minimum absolute atomic E-state index is 0.00530. The van der Waals surface area contributed by atoms with Crippen molar-refractivity contribution in [2.45, 2.75) is 32.8 Å². The first-order chi connectivity index (χ1) is 10.9. The van der Waals surface area contributed by atoms with Crippen LogP contribution in [0, 0.1) is 0 Å². The molecule has 0 fully saturated rings. The quantitative estimate of drug-likeness (QED) is 0.359. The maximum Gasteiger partial charge on any atom is 0.475 e. The molecule has 0 rings (SSSR count). The van der Waals surface area contributed by atoms with E-state index in [4.69, 9.17) is 18.7 Å². The van der Waals surface area contributed by atoms with E-state index in [2.05, 4.69) is 18.1 Å². The smallest absolute Gasteiger partial charge is 0.475 e. The van der Waals surface area contributed by atoms with Gasteiger partial charge in [0.2, 0.25) is 0 Å². The van der Waals surface area contributed by atoms with Crippen LogP contribution in [0.15, 0.2) is 25.3 Å². The number of carbonyl (C=O) groups is 1. The van der Waals surface area contributed by atoms with Gasteiger partial charge in [-0.2, -0.15) is 0 Å². The summed E-state index contributed by atoms with van der Waals surface area (Å²) in [5, 5.41) is 8.86. The Morgan fingerprint density at radius 3 is 2.13 bits per heavy atom. The first-order valence-electron chi connectivity index (χ1n) is 7.64. The van der Waals surface area contributed by atoms with Gasteiger partial charge in [-0.1, -0.05) is 26.0 Å². The summed E-state index contributed by atoms with van der Waals surface area (Å²) in [6.45, 7) is 13.0. The summed E-state index contributed by atoms with van der Waals surface area (Å²) < 4.78 is 28.4. The van der Waals surface area contributed by atoms with Crippen molar-refractivity contribution in [3.05, 3.63) is 25.3 Å². The number of hydrogen-bond donors (Lipinski definition) is 1. The fraction of sp³-hybridized carbons (Fsp3) is 0.667. The fourth-order valence-corrected chi connectivity index (χ4v) is 3.11. The second-order valence-corrected chi connectivity index (χ2v) is 6.38. The van der Waals surface area contributed by atoms with E-state index in [9.17, 15) is 9.36 Å². The molecule has 0 amide bonds. The molecule has 0 bridgehead atoms. The molecule has 23 heavy (non-hydrogen) atoms. The molecule has 0 aliphatic carbocycles. The standard InChI is InChI=1S/C15H28NO6P/c1-5-11-20-23(19,21-12-6-2)22-14(9-10-15(17)18)13-16(7-3)8-4/h5-6,14H,1-2,7-13H2,3-4H3,(H,17,18). The van der Waals surface area contributed by atoms with Gasteiger partial charge in [0.15, 0.2) is 0 Å². The van der Waals surface area contributed by atoms with Crippen molar-refractivity contribution in [1.82, 2.24) is 4.90 Å². The number of phosphoric acid groups is 1. The van der Waals surface area contributed by atoms with Crippen LogP contribution in [0.2, 0.25) is 0 Å². The molecule has 0 spiro atoms. The predicted octanol–water partition coefficient (Wildman–Crippen LogP) is 3.09. The number of phosphoric ester groups is 1. The van der Waals surface area contributed by atoms with Gasteiger partial charge >= 0.3 is 13.8 Å². The zero-order valence-corrected chi connectivity index (χ0v) is 14.9. The van der Waals surface area contributed by atoms with Crippen molar-refractivity contribution in [2.75, 3.05) is 32.8 Å². The molecule has 7 nitrogen and oxygen atoms in total. The molecule has 0 aromatic heterocycles. The third kappa shape index (κ3) is 10.4. The molecule has 0 heterocycles. The van der Waals surface area contributed by atoms with E-state index in [0.29, 0.717) is 6.54 Å². The van der Waals surface area contributed by atoms with Crippen LogP contribution in [0.4, 0.5) is 0 Å². The van der Waals surface area contributed by atoms with Crippen LogP contribution in [0.3, 0.4) is 0 Å². The van der Waals surface area contributed by atoms with Gasteiger partial charge in [0.1, 0.15) is 0 Å². The first-order valence-corrected chi connectivity index (χ1v) is 9.10. The number of carboxylic acids is 1. The zero-order chi connectivity index (χ0) is 17.7. The highest BCUT2D eigenvalue weighted by molar-refractivity contribution is 7.48. The molecule has 0 aromatic carbocycles. The van der Waals surface area contributed by atoms with Crippen LogP contribution in [0.5, 0.6) is 0 Å². The molecule has 1 atom stereocenters. The van der Waals surface area contributed by atoms with Gasteiger partial charge in [0.05, 0.1) is 19.3 Å². The average Bonchev–Trinajstić information content (AvgIpc) is 2.53. The SMILES string of the molecule is C=CCOP(=O)(OCC=C)OC(CCC(=O)O)CN(CC)CC. The summed E-state index contributed by atoms with van der Waals surface area (Å²) in [5.41, 5.74) is 0. The van der Waals surface area contributed by atoms with Crippen LogP contribution in [-0.2, 0) is 22.9 Å². The molecule has 0 saturated carbocycles. The van der Waals surface area contributed by atoms with E-state index < -0.39 is 19.9 Å². The van der Waals surface area contributed by atoms with Crippen LogP contribution in [-0.4, -0.2) is 54.9 Å². The lowest BCUT2D eigenvalue weighted by molar-refractivity contribution is -0.137. The number of aliphatic carboxylic acids is 1. The van der Waals surface area contributed by atoms with Crippen molar-refractivity contribution in [3.63, 3.8) is 0 Å². The third-order valence-corrected chi connectivity index (χ3v) is 4.50. The van der Waals surface area contributed by atoms with Crippen molar-refractivity contribution in [3.8, 4) is 0 Å². The summed E-state index contributed by atoms with van der Waals surface area (Å²) in [6, 6.07) is 0. The Balaban J connectivity index is 4.98. The number of nitrogens with zero attached hydrogens (tertiary/aromatic N) is 1. The Morgan fingerprint density at radius 2 is 1.74 bits per heavy atom. The second kappa shape index (κ2) is 12.4. The maximum absolute atomic E-state index is 12.6. The molecule has 0 aliphatic heterocycles.